The van der Waals surface area contributed by atoms with Crippen LogP contribution >= 0.6 is 23.1 Å². The van der Waals surface area contributed by atoms with Crippen molar-refractivity contribution in [2.24, 2.45) is 0 Å². The van der Waals surface area contributed by atoms with Crippen LogP contribution in [0.5, 0.6) is 0 Å². The summed E-state index contributed by atoms with van der Waals surface area (Å²) in [5, 5.41) is 5.20. The van der Waals surface area contributed by atoms with Gasteiger partial charge in [-0.2, -0.15) is 16.1 Å². The third kappa shape index (κ3) is 2.79. The Morgan fingerprint density at radius 2 is 2.24 bits per heavy atom. The van der Waals surface area contributed by atoms with Crippen LogP contribution in [0, 0.1) is 0 Å². The average Bonchev–Trinajstić information content (AvgIpc) is 2.88. The van der Waals surface area contributed by atoms with E-state index in [0.29, 0.717) is 30.4 Å². The van der Waals surface area contributed by atoms with Crippen LogP contribution in [0.1, 0.15) is 13.3 Å². The van der Waals surface area contributed by atoms with Gasteiger partial charge in [0.15, 0.2) is 15.8 Å². The summed E-state index contributed by atoms with van der Waals surface area (Å²) in [6.45, 7) is 3.73. The normalized spacial score (nSPS) is 18.0. The van der Waals surface area contributed by atoms with E-state index >= 15 is 0 Å². The molecule has 0 radical (unpaired) electrons. The Morgan fingerprint density at radius 3 is 3.05 bits per heavy atom. The molecule has 1 aliphatic rings. The molecule has 0 aromatic carbocycles. The first-order chi connectivity index (χ1) is 10.1. The number of thiazole rings is 1. The van der Waals surface area contributed by atoms with Crippen LogP contribution in [0.25, 0.3) is 4.96 Å². The lowest BCUT2D eigenvalue weighted by molar-refractivity contribution is 0.432. The molecule has 21 heavy (non-hydrogen) atoms. The molecule has 3 heterocycles. The van der Waals surface area contributed by atoms with Crippen molar-refractivity contribution in [1.82, 2.24) is 13.7 Å². The van der Waals surface area contributed by atoms with E-state index in [0.717, 1.165) is 17.9 Å². The Bertz CT molecular complexity index is 714. The fourth-order valence-electron chi connectivity index (χ4n) is 2.38. The Balaban J connectivity index is 2.07. The molecular formula is C12H18N4O2S3. The molecule has 0 bridgehead atoms. The molecule has 116 valence electrons. The minimum Gasteiger partial charge on any atom is -0.368 e. The van der Waals surface area contributed by atoms with Crippen molar-refractivity contribution in [3.8, 4) is 0 Å². The maximum Gasteiger partial charge on any atom is 0.262 e. The Labute approximate surface area is 132 Å². The van der Waals surface area contributed by atoms with Crippen molar-refractivity contribution >= 4 is 43.9 Å². The van der Waals surface area contributed by atoms with Gasteiger partial charge in [-0.1, -0.05) is 0 Å². The number of nitrogens with zero attached hydrogens (tertiary/aromatic N) is 3. The van der Waals surface area contributed by atoms with Crippen LogP contribution in [0.15, 0.2) is 16.6 Å². The predicted octanol–water partition coefficient (Wildman–Crippen LogP) is 1.96. The van der Waals surface area contributed by atoms with Gasteiger partial charge in [-0.3, -0.25) is 4.40 Å². The molecule has 0 aliphatic carbocycles. The fraction of sp³-hybridized carbons (Fsp3) is 0.583. The third-order valence-corrected chi connectivity index (χ3v) is 7.06. The van der Waals surface area contributed by atoms with E-state index in [1.807, 2.05) is 24.1 Å². The van der Waals surface area contributed by atoms with Crippen LogP contribution in [-0.2, 0) is 10.0 Å². The van der Waals surface area contributed by atoms with Crippen LogP contribution in [0.4, 0.5) is 5.82 Å². The highest BCUT2D eigenvalue weighted by molar-refractivity contribution is 7.99. The Hall–Kier alpha value is -0.770. The van der Waals surface area contributed by atoms with Gasteiger partial charge in [0, 0.05) is 37.0 Å². The summed E-state index contributed by atoms with van der Waals surface area (Å²) < 4.78 is 29.3. The molecular weight excluding hydrogens is 328 g/mol. The lowest BCUT2D eigenvalue weighted by Crippen LogP contribution is -2.34. The summed E-state index contributed by atoms with van der Waals surface area (Å²) in [4.78, 5) is 5.11. The number of fused-ring (bicyclic) bond motifs is 1. The number of imidazole rings is 1. The molecule has 0 amide bonds. The van der Waals surface area contributed by atoms with Gasteiger partial charge < -0.3 is 5.32 Å². The molecule has 6 nitrogen and oxygen atoms in total. The first-order valence-corrected chi connectivity index (χ1v) is 10.4. The van der Waals surface area contributed by atoms with Crippen LogP contribution in [-0.4, -0.2) is 53.2 Å². The maximum absolute atomic E-state index is 13.0. The maximum atomic E-state index is 13.0. The molecule has 9 heteroatoms. The number of hydrogen-bond acceptors (Lipinski definition) is 6. The zero-order valence-electron chi connectivity index (χ0n) is 11.8. The van der Waals surface area contributed by atoms with Crippen molar-refractivity contribution in [2.75, 3.05) is 36.5 Å². The van der Waals surface area contributed by atoms with Gasteiger partial charge in [0.2, 0.25) is 0 Å². The van der Waals surface area contributed by atoms with Crippen molar-refractivity contribution in [2.45, 2.75) is 18.4 Å². The minimum absolute atomic E-state index is 0.271. The number of anilines is 1. The van der Waals surface area contributed by atoms with Crippen LogP contribution < -0.4 is 5.32 Å². The number of hydrogen-bond donors (Lipinski definition) is 1. The first-order valence-electron chi connectivity index (χ1n) is 6.92. The molecule has 1 saturated heterocycles. The molecule has 1 fully saturated rings. The zero-order chi connectivity index (χ0) is 14.9. The zero-order valence-corrected chi connectivity index (χ0v) is 14.2. The van der Waals surface area contributed by atoms with E-state index in [4.69, 9.17) is 0 Å². The lowest BCUT2D eigenvalue weighted by atomic mass is 10.5. The lowest BCUT2D eigenvalue weighted by Gasteiger charge is -2.19. The molecule has 1 N–H and O–H groups in total. The first kappa shape index (κ1) is 15.1. The topological polar surface area (TPSA) is 66.7 Å². The summed E-state index contributed by atoms with van der Waals surface area (Å²) in [6.07, 6.45) is 2.67. The van der Waals surface area contributed by atoms with Gasteiger partial charge in [0.1, 0.15) is 0 Å². The summed E-state index contributed by atoms with van der Waals surface area (Å²) in [5.74, 6) is 2.33. The van der Waals surface area contributed by atoms with E-state index in [9.17, 15) is 8.42 Å². The molecule has 0 unspecified atom stereocenters. The molecule has 0 atom stereocenters. The van der Waals surface area contributed by atoms with Gasteiger partial charge >= 0.3 is 0 Å². The summed E-state index contributed by atoms with van der Waals surface area (Å²) in [6, 6.07) is 0. The molecule has 0 spiro atoms. The predicted molar refractivity (Wildman–Crippen MR) is 87.9 cm³/mol. The van der Waals surface area contributed by atoms with Gasteiger partial charge in [-0.25, -0.2) is 13.4 Å². The summed E-state index contributed by atoms with van der Waals surface area (Å²) in [7, 11) is -3.53. The highest BCUT2D eigenvalue weighted by Crippen LogP contribution is 2.29. The number of thioether (sulfide) groups is 1. The molecule has 2 aromatic heterocycles. The highest BCUT2D eigenvalue weighted by atomic mass is 32.2. The average molecular weight is 347 g/mol. The van der Waals surface area contributed by atoms with E-state index in [1.54, 1.807) is 14.9 Å². The monoisotopic (exact) mass is 346 g/mol. The van der Waals surface area contributed by atoms with Crippen molar-refractivity contribution in [1.29, 1.82) is 0 Å². The van der Waals surface area contributed by atoms with Gasteiger partial charge in [-0.15, -0.1) is 11.3 Å². The smallest absolute Gasteiger partial charge is 0.262 e. The third-order valence-electron chi connectivity index (χ3n) is 3.33. The molecule has 1 aliphatic heterocycles. The molecule has 0 saturated carbocycles. The van der Waals surface area contributed by atoms with E-state index < -0.39 is 10.0 Å². The van der Waals surface area contributed by atoms with Crippen molar-refractivity contribution in [3.05, 3.63) is 11.6 Å². The second kappa shape index (κ2) is 6.15. The van der Waals surface area contributed by atoms with Gasteiger partial charge in [-0.05, 0) is 19.1 Å². The quantitative estimate of drug-likeness (QED) is 0.917. The Kier molecular flexibility index (Phi) is 4.43. The Morgan fingerprint density at radius 1 is 1.38 bits per heavy atom. The van der Waals surface area contributed by atoms with E-state index in [1.165, 1.54) is 11.3 Å². The summed E-state index contributed by atoms with van der Waals surface area (Å²) >= 11 is 3.25. The molecule has 3 rings (SSSR count). The SMILES string of the molecule is CCNc1nc2sccn2c1S(=O)(=O)N1CCCSCC1. The highest BCUT2D eigenvalue weighted by Gasteiger charge is 2.32. The second-order valence-electron chi connectivity index (χ2n) is 4.72. The van der Waals surface area contributed by atoms with E-state index in [-0.39, 0.29) is 5.03 Å². The number of nitrogens with one attached hydrogen (secondary N) is 1. The largest absolute Gasteiger partial charge is 0.368 e. The van der Waals surface area contributed by atoms with Crippen molar-refractivity contribution < 1.29 is 8.42 Å². The number of sulfonamides is 1. The van der Waals surface area contributed by atoms with Crippen LogP contribution in [0.3, 0.4) is 0 Å². The fourth-order valence-corrected chi connectivity index (χ4v) is 5.86. The molecule has 2 aromatic rings. The van der Waals surface area contributed by atoms with Crippen molar-refractivity contribution in [3.63, 3.8) is 0 Å². The van der Waals surface area contributed by atoms with Gasteiger partial charge in [0.05, 0.1) is 0 Å². The van der Waals surface area contributed by atoms with E-state index in [2.05, 4.69) is 10.3 Å². The summed E-state index contributed by atoms with van der Waals surface area (Å²) in [5.41, 5.74) is 0. The number of aromatic nitrogens is 2. The second-order valence-corrected chi connectivity index (χ2v) is 8.67. The number of rotatable bonds is 4. The minimum atomic E-state index is -3.53. The standard InChI is InChI=1S/C12H18N4O2S3/c1-2-13-10-11(16-6-9-20-12(16)14-10)21(17,18)15-4-3-7-19-8-5-15/h6,9,13H,2-5,7-8H2,1H3. The van der Waals surface area contributed by atoms with Gasteiger partial charge in [0.25, 0.3) is 10.0 Å². The van der Waals surface area contributed by atoms with Crippen LogP contribution in [0.2, 0.25) is 0 Å².